The van der Waals surface area contributed by atoms with Crippen LogP contribution in [0.2, 0.25) is 0 Å². The van der Waals surface area contributed by atoms with Crippen LogP contribution < -0.4 is 0 Å². The van der Waals surface area contributed by atoms with E-state index in [-0.39, 0.29) is 12.4 Å². The molecule has 1 unspecified atom stereocenters. The van der Waals surface area contributed by atoms with Gasteiger partial charge in [-0.05, 0) is 63.5 Å². The Hall–Kier alpha value is -0.990. The highest BCUT2D eigenvalue weighted by Crippen LogP contribution is 2.38. The molecule has 0 radical (unpaired) electrons. The molecule has 1 atom stereocenters. The number of hydrogen-bond acceptors (Lipinski definition) is 1. The minimum absolute atomic E-state index is 0. The van der Waals surface area contributed by atoms with E-state index in [1.165, 1.54) is 36.0 Å². The van der Waals surface area contributed by atoms with E-state index in [1.807, 2.05) is 0 Å². The lowest BCUT2D eigenvalue weighted by atomic mass is 9.89. The third kappa shape index (κ3) is 1.84. The summed E-state index contributed by atoms with van der Waals surface area (Å²) in [6.07, 6.45) is 6.02. The lowest BCUT2D eigenvalue weighted by Crippen LogP contribution is -2.24. The first kappa shape index (κ1) is 13.4. The molecular formula is C15H21ClN2. The molecule has 0 fully saturated rings. The number of nitrogens with zero attached hydrogens (tertiary/aromatic N) is 2. The summed E-state index contributed by atoms with van der Waals surface area (Å²) < 4.78 is 2.39. The van der Waals surface area contributed by atoms with Crippen LogP contribution in [0.1, 0.15) is 35.7 Å². The SMILES string of the molecule is Cc1c2c(n3ccccc13)CCCC2N(C)C.Cl. The van der Waals surface area contributed by atoms with Gasteiger partial charge >= 0.3 is 0 Å². The Labute approximate surface area is 115 Å². The first-order valence-electron chi connectivity index (χ1n) is 6.45. The predicted molar refractivity (Wildman–Crippen MR) is 78.7 cm³/mol. The summed E-state index contributed by atoms with van der Waals surface area (Å²) in [6, 6.07) is 7.10. The monoisotopic (exact) mass is 264 g/mol. The van der Waals surface area contributed by atoms with Crippen molar-refractivity contribution < 1.29 is 0 Å². The minimum Gasteiger partial charge on any atom is -0.320 e. The van der Waals surface area contributed by atoms with Crippen LogP contribution in [-0.2, 0) is 6.42 Å². The topological polar surface area (TPSA) is 7.65 Å². The predicted octanol–water partition coefficient (Wildman–Crippen LogP) is 3.61. The van der Waals surface area contributed by atoms with E-state index in [4.69, 9.17) is 0 Å². The van der Waals surface area contributed by atoms with Gasteiger partial charge < -0.3 is 9.30 Å². The smallest absolute Gasteiger partial charge is 0.0485 e. The second-order valence-corrected chi connectivity index (χ2v) is 5.31. The van der Waals surface area contributed by atoms with Gasteiger partial charge in [0.1, 0.15) is 0 Å². The van der Waals surface area contributed by atoms with Crippen molar-refractivity contribution in [3.63, 3.8) is 0 Å². The van der Waals surface area contributed by atoms with E-state index in [0.717, 1.165) is 0 Å². The van der Waals surface area contributed by atoms with Crippen molar-refractivity contribution in [2.45, 2.75) is 32.2 Å². The number of hydrogen-bond donors (Lipinski definition) is 0. The standard InChI is InChI=1S/C15H20N2.ClH/c1-11-12-7-4-5-10-17(12)14-9-6-8-13(15(11)14)16(2)3;/h4-5,7,10,13H,6,8-9H2,1-3H3;1H. The van der Waals surface area contributed by atoms with E-state index in [9.17, 15) is 0 Å². The second kappa shape index (κ2) is 4.94. The molecule has 2 heterocycles. The summed E-state index contributed by atoms with van der Waals surface area (Å²) >= 11 is 0. The van der Waals surface area contributed by atoms with Gasteiger partial charge in [-0.1, -0.05) is 6.07 Å². The molecule has 0 aromatic carbocycles. The maximum absolute atomic E-state index is 2.39. The number of rotatable bonds is 1. The Morgan fingerprint density at radius 1 is 1.28 bits per heavy atom. The van der Waals surface area contributed by atoms with Crippen LogP contribution in [0.5, 0.6) is 0 Å². The lowest BCUT2D eigenvalue weighted by Gasteiger charge is -2.29. The highest BCUT2D eigenvalue weighted by atomic mass is 35.5. The Kier molecular flexibility index (Phi) is 3.69. The highest BCUT2D eigenvalue weighted by Gasteiger charge is 2.27. The van der Waals surface area contributed by atoms with Gasteiger partial charge in [-0.3, -0.25) is 0 Å². The number of halogens is 1. The summed E-state index contributed by atoms with van der Waals surface area (Å²) in [5.41, 5.74) is 5.96. The van der Waals surface area contributed by atoms with Crippen molar-refractivity contribution in [1.82, 2.24) is 9.30 Å². The maximum atomic E-state index is 2.39. The molecule has 0 aliphatic heterocycles. The Morgan fingerprint density at radius 2 is 2.06 bits per heavy atom. The highest BCUT2D eigenvalue weighted by molar-refractivity contribution is 5.85. The van der Waals surface area contributed by atoms with Crippen molar-refractivity contribution in [2.75, 3.05) is 14.1 Å². The van der Waals surface area contributed by atoms with Gasteiger partial charge in [-0.15, -0.1) is 12.4 Å². The quantitative estimate of drug-likeness (QED) is 0.764. The first-order chi connectivity index (χ1) is 8.20. The number of aryl methyl sites for hydroxylation is 2. The Bertz CT molecular complexity index is 557. The van der Waals surface area contributed by atoms with Gasteiger partial charge in [0.2, 0.25) is 0 Å². The summed E-state index contributed by atoms with van der Waals surface area (Å²) in [4.78, 5) is 2.37. The van der Waals surface area contributed by atoms with Gasteiger partial charge in [0, 0.05) is 23.4 Å². The molecule has 1 aliphatic rings. The Morgan fingerprint density at radius 3 is 2.78 bits per heavy atom. The molecular weight excluding hydrogens is 244 g/mol. The van der Waals surface area contributed by atoms with Crippen LogP contribution >= 0.6 is 12.4 Å². The summed E-state index contributed by atoms with van der Waals surface area (Å²) in [6.45, 7) is 2.27. The molecule has 2 nitrogen and oxygen atoms in total. The summed E-state index contributed by atoms with van der Waals surface area (Å²) in [7, 11) is 4.39. The molecule has 0 spiro atoms. The zero-order valence-corrected chi connectivity index (χ0v) is 12.1. The molecule has 3 heteroatoms. The van der Waals surface area contributed by atoms with Crippen molar-refractivity contribution >= 4 is 17.9 Å². The molecule has 98 valence electrons. The molecule has 0 saturated carbocycles. The second-order valence-electron chi connectivity index (χ2n) is 5.31. The summed E-state index contributed by atoms with van der Waals surface area (Å²) in [5.74, 6) is 0. The van der Waals surface area contributed by atoms with E-state index >= 15 is 0 Å². The molecule has 1 aliphatic carbocycles. The van der Waals surface area contributed by atoms with Crippen LogP contribution in [-0.4, -0.2) is 23.4 Å². The first-order valence-corrected chi connectivity index (χ1v) is 6.45. The van der Waals surface area contributed by atoms with Crippen molar-refractivity contribution in [2.24, 2.45) is 0 Å². The third-order valence-electron chi connectivity index (χ3n) is 4.10. The van der Waals surface area contributed by atoms with Crippen LogP contribution in [0.15, 0.2) is 24.4 Å². The van der Waals surface area contributed by atoms with Gasteiger partial charge in [0.05, 0.1) is 0 Å². The van der Waals surface area contributed by atoms with E-state index in [0.29, 0.717) is 6.04 Å². The average Bonchev–Trinajstić information content (AvgIpc) is 2.64. The molecule has 0 amide bonds. The zero-order chi connectivity index (χ0) is 12.0. The molecule has 0 saturated heterocycles. The van der Waals surface area contributed by atoms with Gasteiger partial charge in [0.15, 0.2) is 0 Å². The van der Waals surface area contributed by atoms with Gasteiger partial charge in [-0.25, -0.2) is 0 Å². The lowest BCUT2D eigenvalue weighted by molar-refractivity contribution is 0.267. The fourth-order valence-electron chi connectivity index (χ4n) is 3.29. The molecule has 2 aromatic heterocycles. The molecule has 0 bridgehead atoms. The van der Waals surface area contributed by atoms with Crippen molar-refractivity contribution in [1.29, 1.82) is 0 Å². The normalized spacial score (nSPS) is 18.8. The molecule has 2 aromatic rings. The van der Waals surface area contributed by atoms with E-state index in [2.05, 4.69) is 54.7 Å². The molecule has 3 rings (SSSR count). The fraction of sp³-hybridized carbons (Fsp3) is 0.467. The zero-order valence-electron chi connectivity index (χ0n) is 11.3. The van der Waals surface area contributed by atoms with Crippen LogP contribution in [0.4, 0.5) is 0 Å². The van der Waals surface area contributed by atoms with E-state index in [1.54, 1.807) is 5.56 Å². The van der Waals surface area contributed by atoms with Gasteiger partial charge in [-0.2, -0.15) is 0 Å². The van der Waals surface area contributed by atoms with Crippen LogP contribution in [0.3, 0.4) is 0 Å². The largest absolute Gasteiger partial charge is 0.320 e. The number of aromatic nitrogens is 1. The molecule has 0 N–H and O–H groups in total. The summed E-state index contributed by atoms with van der Waals surface area (Å²) in [5, 5.41) is 0. The minimum atomic E-state index is 0. The fourth-order valence-corrected chi connectivity index (χ4v) is 3.29. The average molecular weight is 265 g/mol. The van der Waals surface area contributed by atoms with Crippen LogP contribution in [0, 0.1) is 6.92 Å². The van der Waals surface area contributed by atoms with Crippen molar-refractivity contribution in [3.05, 3.63) is 41.2 Å². The van der Waals surface area contributed by atoms with Gasteiger partial charge in [0.25, 0.3) is 0 Å². The maximum Gasteiger partial charge on any atom is 0.0485 e. The van der Waals surface area contributed by atoms with E-state index < -0.39 is 0 Å². The number of fused-ring (bicyclic) bond motifs is 3. The van der Waals surface area contributed by atoms with Crippen molar-refractivity contribution in [3.8, 4) is 0 Å². The molecule has 18 heavy (non-hydrogen) atoms. The number of pyridine rings is 1. The Balaban J connectivity index is 0.00000120. The van der Waals surface area contributed by atoms with Crippen LogP contribution in [0.25, 0.3) is 5.52 Å². The third-order valence-corrected chi connectivity index (χ3v) is 4.10.